The summed E-state index contributed by atoms with van der Waals surface area (Å²) >= 11 is 1.80. The van der Waals surface area contributed by atoms with Crippen LogP contribution in [0.3, 0.4) is 0 Å². The molecule has 0 atom stereocenters. The first kappa shape index (κ1) is 32.9. The number of rotatable bonds is 3. The number of nitrogens with zero attached hydrogens (tertiary/aromatic N) is 5. The summed E-state index contributed by atoms with van der Waals surface area (Å²) in [5.74, 6) is 0. The van der Waals surface area contributed by atoms with E-state index in [-0.39, 0.29) is 0 Å². The number of thiophene rings is 1. The summed E-state index contributed by atoms with van der Waals surface area (Å²) in [5.41, 5.74) is 9.64. The largest absolute Gasteiger partial charge is 0.319 e. The molecule has 5 nitrogen and oxygen atoms in total. The Morgan fingerprint density at radius 2 is 1.03 bits per heavy atom. The number of nitriles is 1. The molecular weight excluding hydrogens is 751 g/mol. The molecule has 0 amide bonds. The maximum atomic E-state index is 11.1. The highest BCUT2D eigenvalue weighted by Gasteiger charge is 2.23. The molecule has 13 aromatic rings. The fraction of sp³-hybridized carbons (Fsp3) is 0. The van der Waals surface area contributed by atoms with Gasteiger partial charge in [-0.15, -0.1) is 11.3 Å². The Balaban J connectivity index is 1.10. The quantitative estimate of drug-likeness (QED) is 0.165. The van der Waals surface area contributed by atoms with Crippen LogP contribution in [0.1, 0.15) is 5.56 Å². The van der Waals surface area contributed by atoms with Crippen LogP contribution in [0.4, 0.5) is 5.69 Å². The van der Waals surface area contributed by atoms with Crippen molar-refractivity contribution in [1.82, 2.24) is 13.7 Å². The maximum Gasteiger partial charge on any atom is 0.212 e. The van der Waals surface area contributed by atoms with Gasteiger partial charge in [0.15, 0.2) is 0 Å². The van der Waals surface area contributed by atoms with Crippen LogP contribution in [-0.4, -0.2) is 13.7 Å². The summed E-state index contributed by atoms with van der Waals surface area (Å²) < 4.78 is 9.20. The molecule has 6 heteroatoms. The Morgan fingerprint density at radius 1 is 0.433 bits per heavy atom. The summed E-state index contributed by atoms with van der Waals surface area (Å²) in [7, 11) is 0. The molecular formula is C54H29N5S. The molecule has 0 saturated heterocycles. The van der Waals surface area contributed by atoms with Gasteiger partial charge in [0.1, 0.15) is 6.07 Å². The number of benzene rings is 9. The minimum Gasteiger partial charge on any atom is -0.319 e. The summed E-state index contributed by atoms with van der Waals surface area (Å²) in [5, 5.41) is 22.6. The predicted octanol–water partition coefficient (Wildman–Crippen LogP) is 14.9. The highest BCUT2D eigenvalue weighted by atomic mass is 32.1. The van der Waals surface area contributed by atoms with Crippen molar-refractivity contribution in [3.8, 4) is 23.1 Å². The normalized spacial score (nSPS) is 12.0. The molecule has 276 valence electrons. The summed E-state index contributed by atoms with van der Waals surface area (Å²) in [6.07, 6.45) is 0. The second-order valence-electron chi connectivity index (χ2n) is 15.5. The van der Waals surface area contributed by atoms with Crippen molar-refractivity contribution in [1.29, 1.82) is 5.26 Å². The first-order valence-corrected chi connectivity index (χ1v) is 20.8. The van der Waals surface area contributed by atoms with E-state index in [4.69, 9.17) is 6.57 Å². The second kappa shape index (κ2) is 12.2. The van der Waals surface area contributed by atoms with Gasteiger partial charge >= 0.3 is 0 Å². The average Bonchev–Trinajstić information content (AvgIpc) is 4.03. The average molecular weight is 780 g/mol. The lowest BCUT2D eigenvalue weighted by Gasteiger charge is -2.16. The monoisotopic (exact) mass is 779 g/mol. The minimum absolute atomic E-state index is 0.472. The van der Waals surface area contributed by atoms with E-state index in [1.165, 1.54) is 30.9 Å². The predicted molar refractivity (Wildman–Crippen MR) is 251 cm³/mol. The molecule has 9 aromatic carbocycles. The number of hydrogen-bond acceptors (Lipinski definition) is 2. The second-order valence-corrected chi connectivity index (χ2v) is 16.6. The molecule has 0 N–H and O–H groups in total. The molecule has 0 aliphatic carbocycles. The number of aromatic nitrogens is 3. The van der Waals surface area contributed by atoms with E-state index in [0.29, 0.717) is 22.6 Å². The van der Waals surface area contributed by atoms with E-state index in [1.807, 2.05) is 18.2 Å². The molecule has 0 spiro atoms. The molecule has 0 aliphatic heterocycles. The molecule has 0 unspecified atom stereocenters. The Hall–Kier alpha value is -8.16. The smallest absolute Gasteiger partial charge is 0.212 e. The molecule has 0 radical (unpaired) electrons. The van der Waals surface area contributed by atoms with E-state index >= 15 is 0 Å². The van der Waals surface area contributed by atoms with E-state index in [0.717, 1.165) is 71.1 Å². The molecule has 0 saturated carbocycles. The van der Waals surface area contributed by atoms with Gasteiger partial charge in [-0.2, -0.15) is 5.26 Å². The van der Waals surface area contributed by atoms with Crippen LogP contribution in [0.15, 0.2) is 176 Å². The van der Waals surface area contributed by atoms with Crippen molar-refractivity contribution in [2.45, 2.75) is 0 Å². The van der Waals surface area contributed by atoms with Gasteiger partial charge in [-0.1, -0.05) is 103 Å². The van der Waals surface area contributed by atoms with Gasteiger partial charge in [0, 0.05) is 58.2 Å². The van der Waals surface area contributed by atoms with Gasteiger partial charge in [-0.25, -0.2) is 4.85 Å². The standard InChI is InChI=1S/C54H29N5S/c1-56-43-30-49(33(31-55)26-51(43)59-46-20-10-6-16-38(46)40-29-53-41(28-50(40)59)39-17-7-11-21-52(39)60-53)58-47-25-23-34(27-42(47)54-35-13-3-2-12-32(35)22-24-48(54)58)57-44-18-8-4-14-36(44)37-15-5-9-19-45(37)57/h2-30H. The third kappa shape index (κ3) is 4.38. The van der Waals surface area contributed by atoms with Gasteiger partial charge in [0.05, 0.1) is 56.6 Å². The van der Waals surface area contributed by atoms with Crippen LogP contribution < -0.4 is 0 Å². The van der Waals surface area contributed by atoms with Crippen LogP contribution in [0.25, 0.3) is 118 Å². The fourth-order valence-corrected chi connectivity index (χ4v) is 11.1. The lowest BCUT2D eigenvalue weighted by molar-refractivity contribution is 1.14. The number of para-hydroxylation sites is 3. The fourth-order valence-electron chi connectivity index (χ4n) is 9.93. The Morgan fingerprint density at radius 3 is 1.77 bits per heavy atom. The van der Waals surface area contributed by atoms with Gasteiger partial charge in [-0.05, 0) is 83.6 Å². The highest BCUT2D eigenvalue weighted by molar-refractivity contribution is 7.25. The Labute approximate surface area is 346 Å². The summed E-state index contributed by atoms with van der Waals surface area (Å²) in [6, 6.07) is 64.5. The third-order valence-electron chi connectivity index (χ3n) is 12.5. The third-order valence-corrected chi connectivity index (χ3v) is 13.6. The van der Waals surface area contributed by atoms with Crippen LogP contribution >= 0.6 is 11.3 Å². The minimum atomic E-state index is 0.472. The molecule has 0 fully saturated rings. The molecule has 0 aliphatic rings. The van der Waals surface area contributed by atoms with Crippen molar-refractivity contribution in [2.24, 2.45) is 0 Å². The van der Waals surface area contributed by atoms with Crippen LogP contribution in [0.2, 0.25) is 0 Å². The zero-order chi connectivity index (χ0) is 39.6. The maximum absolute atomic E-state index is 11.1. The SMILES string of the molecule is [C-]#[N+]c1cc(-n2c3ccc(-n4c5ccccc5c5ccccc54)cc3c3c4ccccc4ccc32)c(C#N)cc1-n1c2ccccc2c2cc3sc4ccccc4c3cc21. The van der Waals surface area contributed by atoms with Crippen LogP contribution in [0, 0.1) is 17.9 Å². The first-order chi connectivity index (χ1) is 29.7. The number of hydrogen-bond donors (Lipinski definition) is 0. The van der Waals surface area contributed by atoms with E-state index in [9.17, 15) is 5.26 Å². The molecule has 13 rings (SSSR count). The van der Waals surface area contributed by atoms with Gasteiger partial charge in [0.2, 0.25) is 5.69 Å². The van der Waals surface area contributed by atoms with Gasteiger partial charge in [-0.3, -0.25) is 0 Å². The van der Waals surface area contributed by atoms with Crippen molar-refractivity contribution in [3.63, 3.8) is 0 Å². The summed E-state index contributed by atoms with van der Waals surface area (Å²) in [4.78, 5) is 4.21. The Bertz CT molecular complexity index is 4050. The highest BCUT2D eigenvalue weighted by Crippen LogP contribution is 2.45. The zero-order valence-electron chi connectivity index (χ0n) is 31.9. The van der Waals surface area contributed by atoms with Crippen LogP contribution in [-0.2, 0) is 0 Å². The number of fused-ring (bicyclic) bond motifs is 14. The topological polar surface area (TPSA) is 42.9 Å². The molecule has 4 aromatic heterocycles. The van der Waals surface area contributed by atoms with E-state index < -0.39 is 0 Å². The molecule has 4 heterocycles. The summed E-state index contributed by atoms with van der Waals surface area (Å²) in [6.45, 7) is 8.66. The molecule has 60 heavy (non-hydrogen) atoms. The van der Waals surface area contributed by atoms with Gasteiger partial charge < -0.3 is 13.7 Å². The zero-order valence-corrected chi connectivity index (χ0v) is 32.7. The van der Waals surface area contributed by atoms with Crippen LogP contribution in [0.5, 0.6) is 0 Å². The van der Waals surface area contributed by atoms with Crippen molar-refractivity contribution in [2.75, 3.05) is 0 Å². The van der Waals surface area contributed by atoms with E-state index in [1.54, 1.807) is 11.3 Å². The Kier molecular flexibility index (Phi) is 6.67. The van der Waals surface area contributed by atoms with Gasteiger partial charge in [0.25, 0.3) is 0 Å². The first-order valence-electron chi connectivity index (χ1n) is 19.9. The van der Waals surface area contributed by atoms with Crippen molar-refractivity contribution >= 4 is 113 Å². The van der Waals surface area contributed by atoms with E-state index in [2.05, 4.69) is 182 Å². The lowest BCUT2D eigenvalue weighted by atomic mass is 10.0. The molecule has 0 bridgehead atoms. The van der Waals surface area contributed by atoms with Crippen molar-refractivity contribution in [3.05, 3.63) is 193 Å². The van der Waals surface area contributed by atoms with Crippen molar-refractivity contribution < 1.29 is 0 Å². The lowest BCUT2D eigenvalue weighted by Crippen LogP contribution is -2.02.